The van der Waals surface area contributed by atoms with Gasteiger partial charge in [0.2, 0.25) is 0 Å². The van der Waals surface area contributed by atoms with Gasteiger partial charge < -0.3 is 4.74 Å². The van der Waals surface area contributed by atoms with Gasteiger partial charge in [0.15, 0.2) is 0 Å². The minimum atomic E-state index is -1.80. The van der Waals surface area contributed by atoms with Gasteiger partial charge in [-0.05, 0) is 62.9 Å². The van der Waals surface area contributed by atoms with Gasteiger partial charge in [-0.1, -0.05) is 17.7 Å². The Morgan fingerprint density at radius 1 is 1.23 bits per heavy atom. The zero-order chi connectivity index (χ0) is 10.1. The van der Waals surface area contributed by atoms with E-state index in [-0.39, 0.29) is 0 Å². The molecule has 0 bridgehead atoms. The standard InChI is InChI=1S/C7H3BrCl4O/c8-4-2-1-3-5(6(4)9)13-7(10,11)12/h1-3H. The molecule has 0 radical (unpaired) electrons. The first kappa shape index (κ1) is 11.7. The summed E-state index contributed by atoms with van der Waals surface area (Å²) >= 11 is 25.3. The molecular weight excluding hydrogens is 322 g/mol. The van der Waals surface area contributed by atoms with Crippen molar-refractivity contribution >= 4 is 62.3 Å². The number of benzene rings is 1. The summed E-state index contributed by atoms with van der Waals surface area (Å²) in [6.07, 6.45) is 0. The summed E-state index contributed by atoms with van der Waals surface area (Å²) in [6, 6.07) is 5.09. The van der Waals surface area contributed by atoms with Gasteiger partial charge in [0.25, 0.3) is 0 Å². The summed E-state index contributed by atoms with van der Waals surface area (Å²) < 4.78 is 3.83. The van der Waals surface area contributed by atoms with E-state index in [9.17, 15) is 0 Å². The van der Waals surface area contributed by atoms with E-state index in [2.05, 4.69) is 15.9 Å². The molecule has 6 heteroatoms. The van der Waals surface area contributed by atoms with Crippen molar-refractivity contribution in [2.24, 2.45) is 0 Å². The molecule has 13 heavy (non-hydrogen) atoms. The van der Waals surface area contributed by atoms with Crippen LogP contribution in [-0.4, -0.2) is 3.98 Å². The van der Waals surface area contributed by atoms with Gasteiger partial charge in [-0.3, -0.25) is 0 Å². The fourth-order valence-corrected chi connectivity index (χ4v) is 1.45. The first-order valence-electron chi connectivity index (χ1n) is 3.10. The lowest BCUT2D eigenvalue weighted by molar-refractivity contribution is 0.320. The minimum Gasteiger partial charge on any atom is -0.444 e. The fraction of sp³-hybridized carbons (Fsp3) is 0.143. The highest BCUT2D eigenvalue weighted by atomic mass is 79.9. The van der Waals surface area contributed by atoms with E-state index in [0.717, 1.165) is 0 Å². The second-order valence-electron chi connectivity index (χ2n) is 2.10. The first-order valence-corrected chi connectivity index (χ1v) is 5.40. The average Bonchev–Trinajstić information content (AvgIpc) is 1.96. The number of rotatable bonds is 1. The maximum absolute atomic E-state index is 5.85. The third-order valence-electron chi connectivity index (χ3n) is 1.14. The van der Waals surface area contributed by atoms with Crippen LogP contribution >= 0.6 is 62.3 Å². The molecule has 0 saturated heterocycles. The van der Waals surface area contributed by atoms with Crippen molar-refractivity contribution in [2.75, 3.05) is 0 Å². The molecule has 0 atom stereocenters. The second kappa shape index (κ2) is 4.45. The Hall–Kier alpha value is 0.660. The number of alkyl halides is 3. The van der Waals surface area contributed by atoms with E-state index in [0.29, 0.717) is 15.2 Å². The van der Waals surface area contributed by atoms with Gasteiger partial charge in [0.1, 0.15) is 5.75 Å². The molecule has 72 valence electrons. The molecular formula is C7H3BrCl4O. The Morgan fingerprint density at radius 2 is 1.85 bits per heavy atom. The Bertz CT molecular complexity index is 310. The smallest absolute Gasteiger partial charge is 0.338 e. The number of hydrogen-bond donors (Lipinski definition) is 0. The van der Waals surface area contributed by atoms with Crippen LogP contribution in [0.2, 0.25) is 5.02 Å². The maximum Gasteiger partial charge on any atom is 0.338 e. The molecule has 1 aromatic carbocycles. The van der Waals surface area contributed by atoms with Crippen LogP contribution in [0.5, 0.6) is 5.75 Å². The molecule has 0 aromatic heterocycles. The average molecular weight is 325 g/mol. The minimum absolute atomic E-state index is 0.316. The van der Waals surface area contributed by atoms with Gasteiger partial charge in [-0.25, -0.2) is 0 Å². The van der Waals surface area contributed by atoms with Crippen molar-refractivity contribution in [2.45, 2.75) is 3.98 Å². The number of ether oxygens (including phenoxy) is 1. The molecule has 0 heterocycles. The summed E-state index contributed by atoms with van der Waals surface area (Å²) in [5.74, 6) is 0.316. The van der Waals surface area contributed by atoms with E-state index < -0.39 is 3.98 Å². The molecule has 0 saturated carbocycles. The summed E-state index contributed by atoms with van der Waals surface area (Å²) in [4.78, 5) is 0. The molecule has 0 aliphatic rings. The topological polar surface area (TPSA) is 9.23 Å². The van der Waals surface area contributed by atoms with Crippen LogP contribution in [0.4, 0.5) is 0 Å². The SMILES string of the molecule is Clc1c(Br)cccc1OC(Cl)(Cl)Cl. The summed E-state index contributed by atoms with van der Waals surface area (Å²) in [5, 5.41) is 0.369. The van der Waals surface area contributed by atoms with Gasteiger partial charge in [-0.15, -0.1) is 0 Å². The van der Waals surface area contributed by atoms with Gasteiger partial charge in [-0.2, -0.15) is 0 Å². The normalized spacial score (nSPS) is 11.5. The van der Waals surface area contributed by atoms with Gasteiger partial charge in [0, 0.05) is 4.47 Å². The summed E-state index contributed by atoms with van der Waals surface area (Å²) in [7, 11) is 0. The van der Waals surface area contributed by atoms with Crippen LogP contribution in [0.1, 0.15) is 0 Å². The van der Waals surface area contributed by atoms with Crippen LogP contribution in [0.3, 0.4) is 0 Å². The Kier molecular flexibility index (Phi) is 4.02. The van der Waals surface area contributed by atoms with E-state index in [1.807, 2.05) is 0 Å². The molecule has 0 N–H and O–H groups in total. The highest BCUT2D eigenvalue weighted by Crippen LogP contribution is 2.37. The van der Waals surface area contributed by atoms with E-state index >= 15 is 0 Å². The Balaban J connectivity index is 2.96. The molecule has 1 nitrogen and oxygen atoms in total. The first-order chi connectivity index (χ1) is 5.90. The quantitative estimate of drug-likeness (QED) is 0.674. The largest absolute Gasteiger partial charge is 0.444 e. The Morgan fingerprint density at radius 3 is 2.38 bits per heavy atom. The molecule has 0 fully saturated rings. The van der Waals surface area contributed by atoms with Crippen molar-refractivity contribution in [3.8, 4) is 5.75 Å². The van der Waals surface area contributed by atoms with Crippen LogP contribution in [-0.2, 0) is 0 Å². The Labute approximate surface area is 104 Å². The molecule has 0 aliphatic carbocycles. The lowest BCUT2D eigenvalue weighted by Gasteiger charge is -2.14. The molecule has 1 rings (SSSR count). The van der Waals surface area contributed by atoms with Crippen LogP contribution in [0, 0.1) is 0 Å². The summed E-state index contributed by atoms with van der Waals surface area (Å²) in [6.45, 7) is 0. The molecule has 0 unspecified atom stereocenters. The van der Waals surface area contributed by atoms with E-state index in [1.165, 1.54) is 0 Å². The van der Waals surface area contributed by atoms with Crippen molar-refractivity contribution < 1.29 is 4.74 Å². The summed E-state index contributed by atoms with van der Waals surface area (Å²) in [5.41, 5.74) is 0. The third kappa shape index (κ3) is 3.72. The van der Waals surface area contributed by atoms with E-state index in [4.69, 9.17) is 51.1 Å². The van der Waals surface area contributed by atoms with Crippen LogP contribution in [0.15, 0.2) is 22.7 Å². The highest BCUT2D eigenvalue weighted by Gasteiger charge is 2.23. The molecule has 0 aliphatic heterocycles. The monoisotopic (exact) mass is 322 g/mol. The lowest BCUT2D eigenvalue weighted by atomic mass is 10.3. The van der Waals surface area contributed by atoms with Crippen molar-refractivity contribution in [1.82, 2.24) is 0 Å². The lowest BCUT2D eigenvalue weighted by Crippen LogP contribution is -2.12. The van der Waals surface area contributed by atoms with Crippen LogP contribution < -0.4 is 4.74 Å². The van der Waals surface area contributed by atoms with Crippen LogP contribution in [0.25, 0.3) is 0 Å². The third-order valence-corrected chi connectivity index (χ3v) is 2.65. The zero-order valence-electron chi connectivity index (χ0n) is 6.03. The predicted molar refractivity (Wildman–Crippen MR) is 60.1 cm³/mol. The van der Waals surface area contributed by atoms with Crippen molar-refractivity contribution in [1.29, 1.82) is 0 Å². The second-order valence-corrected chi connectivity index (χ2v) is 5.51. The van der Waals surface area contributed by atoms with Crippen molar-refractivity contribution in [3.05, 3.63) is 27.7 Å². The van der Waals surface area contributed by atoms with E-state index in [1.54, 1.807) is 18.2 Å². The highest BCUT2D eigenvalue weighted by molar-refractivity contribution is 9.10. The maximum atomic E-state index is 5.85. The van der Waals surface area contributed by atoms with Gasteiger partial charge >= 0.3 is 3.98 Å². The zero-order valence-corrected chi connectivity index (χ0v) is 10.6. The molecule has 0 amide bonds. The number of halogens is 5. The molecule has 0 spiro atoms. The van der Waals surface area contributed by atoms with Gasteiger partial charge in [0.05, 0.1) is 5.02 Å². The fourth-order valence-electron chi connectivity index (χ4n) is 0.688. The van der Waals surface area contributed by atoms with Crippen molar-refractivity contribution in [3.63, 3.8) is 0 Å². The number of hydrogen-bond acceptors (Lipinski definition) is 1. The predicted octanol–water partition coefficient (Wildman–Crippen LogP) is 4.81. The molecule has 1 aromatic rings.